The lowest BCUT2D eigenvalue weighted by molar-refractivity contribution is 0.0446. The Labute approximate surface area is 112 Å². The zero-order chi connectivity index (χ0) is 13.2. The molecule has 1 N–H and O–H groups in total. The van der Waals surface area contributed by atoms with E-state index in [1.165, 1.54) is 12.8 Å². The van der Waals surface area contributed by atoms with Crippen molar-refractivity contribution in [2.45, 2.75) is 44.2 Å². The van der Waals surface area contributed by atoms with Crippen molar-refractivity contribution in [3.05, 3.63) is 17.8 Å². The highest BCUT2D eigenvalue weighted by Gasteiger charge is 2.39. The number of hydrogen-bond acceptors (Lipinski definition) is 5. The van der Waals surface area contributed by atoms with Crippen LogP contribution in [0.3, 0.4) is 0 Å². The van der Waals surface area contributed by atoms with Crippen molar-refractivity contribution >= 4 is 5.82 Å². The average Bonchev–Trinajstić information content (AvgIpc) is 2.48. The van der Waals surface area contributed by atoms with Gasteiger partial charge in [0.15, 0.2) is 11.5 Å². The van der Waals surface area contributed by atoms with Gasteiger partial charge in [0.25, 0.3) is 0 Å². The second-order valence-corrected chi connectivity index (χ2v) is 5.45. The highest BCUT2D eigenvalue weighted by Crippen LogP contribution is 2.37. The highest BCUT2D eigenvalue weighted by atomic mass is 16.3. The van der Waals surface area contributed by atoms with Crippen LogP contribution in [0.15, 0.2) is 12.1 Å². The molecule has 1 aromatic heterocycles. The van der Waals surface area contributed by atoms with Crippen molar-refractivity contribution in [1.82, 2.24) is 10.2 Å². The molecule has 2 heterocycles. The third-order valence-corrected chi connectivity index (χ3v) is 4.40. The molecule has 1 saturated carbocycles. The minimum atomic E-state index is -0.173. The van der Waals surface area contributed by atoms with Gasteiger partial charge in [0.1, 0.15) is 6.07 Å². The SMILES string of the molecule is N#Cc1ccc(N2CCC(O)C3CCCCC32)nn1. The number of aliphatic hydroxyl groups is 1. The first-order valence-electron chi connectivity index (χ1n) is 6.98. The van der Waals surface area contributed by atoms with E-state index in [9.17, 15) is 5.11 Å². The van der Waals surface area contributed by atoms with Gasteiger partial charge in [-0.2, -0.15) is 5.26 Å². The molecule has 2 aliphatic rings. The lowest BCUT2D eigenvalue weighted by Gasteiger charge is -2.46. The van der Waals surface area contributed by atoms with E-state index in [1.807, 2.05) is 12.1 Å². The third kappa shape index (κ3) is 2.28. The van der Waals surface area contributed by atoms with Crippen LogP contribution in [0.2, 0.25) is 0 Å². The molecule has 0 bridgehead atoms. The Morgan fingerprint density at radius 1 is 1.21 bits per heavy atom. The molecule has 5 nitrogen and oxygen atoms in total. The van der Waals surface area contributed by atoms with E-state index in [0.29, 0.717) is 17.7 Å². The highest BCUT2D eigenvalue weighted by molar-refractivity contribution is 5.41. The van der Waals surface area contributed by atoms with Gasteiger partial charge in [-0.3, -0.25) is 0 Å². The summed E-state index contributed by atoms with van der Waals surface area (Å²) >= 11 is 0. The van der Waals surface area contributed by atoms with Crippen molar-refractivity contribution in [2.24, 2.45) is 5.92 Å². The molecule has 0 amide bonds. The molecule has 3 atom stereocenters. The van der Waals surface area contributed by atoms with Gasteiger partial charge in [-0.15, -0.1) is 10.2 Å². The third-order valence-electron chi connectivity index (χ3n) is 4.40. The van der Waals surface area contributed by atoms with Crippen LogP contribution in [0.25, 0.3) is 0 Å². The minimum absolute atomic E-state index is 0.173. The van der Waals surface area contributed by atoms with Crippen LogP contribution in [0.1, 0.15) is 37.8 Å². The van der Waals surface area contributed by atoms with Gasteiger partial charge in [0.05, 0.1) is 6.10 Å². The van der Waals surface area contributed by atoms with E-state index in [-0.39, 0.29) is 6.10 Å². The summed E-state index contributed by atoms with van der Waals surface area (Å²) in [7, 11) is 0. The first kappa shape index (κ1) is 12.4. The van der Waals surface area contributed by atoms with Crippen LogP contribution >= 0.6 is 0 Å². The van der Waals surface area contributed by atoms with Crippen LogP contribution in [-0.2, 0) is 0 Å². The summed E-state index contributed by atoms with van der Waals surface area (Å²) in [4.78, 5) is 2.27. The summed E-state index contributed by atoms with van der Waals surface area (Å²) < 4.78 is 0. The molecule has 1 aliphatic carbocycles. The second-order valence-electron chi connectivity index (χ2n) is 5.45. The zero-order valence-corrected chi connectivity index (χ0v) is 10.9. The molecule has 0 aromatic carbocycles. The molecule has 1 aliphatic heterocycles. The number of aromatic nitrogens is 2. The normalized spacial score (nSPS) is 30.5. The van der Waals surface area contributed by atoms with Crippen LogP contribution < -0.4 is 4.90 Å². The molecule has 0 radical (unpaired) electrons. The molecule has 1 saturated heterocycles. The van der Waals surface area contributed by atoms with Crippen molar-refractivity contribution in [3.63, 3.8) is 0 Å². The summed E-state index contributed by atoms with van der Waals surface area (Å²) in [5.74, 6) is 1.20. The van der Waals surface area contributed by atoms with E-state index in [4.69, 9.17) is 5.26 Å². The summed E-state index contributed by atoms with van der Waals surface area (Å²) in [5, 5.41) is 27.0. The Bertz CT molecular complexity index is 481. The Morgan fingerprint density at radius 3 is 2.79 bits per heavy atom. The van der Waals surface area contributed by atoms with E-state index in [1.54, 1.807) is 6.07 Å². The molecule has 100 valence electrons. The molecule has 1 aromatic rings. The monoisotopic (exact) mass is 258 g/mol. The summed E-state index contributed by atoms with van der Waals surface area (Å²) in [5.41, 5.74) is 0.348. The lowest BCUT2D eigenvalue weighted by atomic mass is 9.76. The predicted octanol–water partition coefficient (Wildman–Crippen LogP) is 1.48. The van der Waals surface area contributed by atoms with Gasteiger partial charge in [-0.25, -0.2) is 0 Å². The number of aliphatic hydroxyl groups excluding tert-OH is 1. The van der Waals surface area contributed by atoms with E-state index >= 15 is 0 Å². The molecule has 19 heavy (non-hydrogen) atoms. The Morgan fingerprint density at radius 2 is 2.05 bits per heavy atom. The average molecular weight is 258 g/mol. The van der Waals surface area contributed by atoms with Gasteiger partial charge in [-0.1, -0.05) is 12.8 Å². The van der Waals surface area contributed by atoms with Crippen LogP contribution in [-0.4, -0.2) is 34.0 Å². The van der Waals surface area contributed by atoms with Crippen LogP contribution in [0.5, 0.6) is 0 Å². The molecule has 3 rings (SSSR count). The van der Waals surface area contributed by atoms with E-state index < -0.39 is 0 Å². The summed E-state index contributed by atoms with van der Waals surface area (Å²) in [6, 6.07) is 5.95. The van der Waals surface area contributed by atoms with Crippen molar-refractivity contribution in [3.8, 4) is 6.07 Å². The topological polar surface area (TPSA) is 73.0 Å². The van der Waals surface area contributed by atoms with Gasteiger partial charge in [-0.05, 0) is 31.4 Å². The Balaban J connectivity index is 1.84. The Kier molecular flexibility index (Phi) is 3.34. The fourth-order valence-corrected chi connectivity index (χ4v) is 3.45. The first-order chi connectivity index (χ1) is 9.29. The van der Waals surface area contributed by atoms with Gasteiger partial charge in [0, 0.05) is 18.5 Å². The standard InChI is InChI=1S/C14H18N4O/c15-9-10-5-6-14(17-16-10)18-8-7-13(19)11-3-1-2-4-12(11)18/h5-6,11-13,19H,1-4,7-8H2. The molecule has 3 unspecified atom stereocenters. The largest absolute Gasteiger partial charge is 0.393 e. The maximum atomic E-state index is 10.1. The second kappa shape index (κ2) is 5.14. The molecular formula is C14H18N4O. The quantitative estimate of drug-likeness (QED) is 0.826. The van der Waals surface area contributed by atoms with Crippen LogP contribution in [0, 0.1) is 17.2 Å². The maximum absolute atomic E-state index is 10.1. The number of hydrogen-bond donors (Lipinski definition) is 1. The number of nitriles is 1. The number of anilines is 1. The van der Waals surface area contributed by atoms with E-state index in [2.05, 4.69) is 15.1 Å². The number of piperidine rings is 1. The van der Waals surface area contributed by atoms with Gasteiger partial charge in [0.2, 0.25) is 0 Å². The van der Waals surface area contributed by atoms with E-state index in [0.717, 1.165) is 31.6 Å². The van der Waals surface area contributed by atoms with Gasteiger partial charge >= 0.3 is 0 Å². The van der Waals surface area contributed by atoms with Gasteiger partial charge < -0.3 is 10.0 Å². The maximum Gasteiger partial charge on any atom is 0.163 e. The lowest BCUT2D eigenvalue weighted by Crippen LogP contribution is -2.53. The fourth-order valence-electron chi connectivity index (χ4n) is 3.45. The first-order valence-corrected chi connectivity index (χ1v) is 6.98. The number of fused-ring (bicyclic) bond motifs is 1. The molecular weight excluding hydrogens is 240 g/mol. The van der Waals surface area contributed by atoms with Crippen molar-refractivity contribution in [1.29, 1.82) is 5.26 Å². The summed E-state index contributed by atoms with van der Waals surface area (Å²) in [6.07, 6.45) is 5.27. The van der Waals surface area contributed by atoms with Crippen LogP contribution in [0.4, 0.5) is 5.82 Å². The van der Waals surface area contributed by atoms with Crippen molar-refractivity contribution < 1.29 is 5.11 Å². The molecule has 0 spiro atoms. The van der Waals surface area contributed by atoms with Crippen molar-refractivity contribution in [2.75, 3.05) is 11.4 Å². The molecule has 2 fully saturated rings. The number of nitrogens with zero attached hydrogens (tertiary/aromatic N) is 4. The summed E-state index contributed by atoms with van der Waals surface area (Å²) in [6.45, 7) is 0.822. The zero-order valence-electron chi connectivity index (χ0n) is 10.9. The smallest absolute Gasteiger partial charge is 0.163 e. The molecule has 5 heteroatoms. The predicted molar refractivity (Wildman–Crippen MR) is 70.5 cm³/mol. The fraction of sp³-hybridized carbons (Fsp3) is 0.643. The minimum Gasteiger partial charge on any atom is -0.393 e. The Hall–Kier alpha value is -1.67. The number of rotatable bonds is 1.